The molecule has 2 N–H and O–H groups in total. The number of hydrogen-bond donors (Lipinski definition) is 2. The van der Waals surface area contributed by atoms with Crippen molar-refractivity contribution in [1.82, 2.24) is 10.2 Å². The standard InChI is InChI=1S/C21H28N2O5S/c1-2-28-21(27)16(12-11-14-7-4-3-5-8-14)22-15-9-6-10-18-23(19(15)24)17(13-29-18)20(25)26/h3-5,7-8,15-18,22H,2,6,9-13H2,1H3,(H,25,26). The summed E-state index contributed by atoms with van der Waals surface area (Å²) in [4.78, 5) is 38.8. The number of benzene rings is 1. The van der Waals surface area contributed by atoms with Crippen LogP contribution in [0, 0.1) is 0 Å². The van der Waals surface area contributed by atoms with E-state index >= 15 is 0 Å². The van der Waals surface area contributed by atoms with Crippen LogP contribution in [0.15, 0.2) is 30.3 Å². The van der Waals surface area contributed by atoms with E-state index in [2.05, 4.69) is 5.32 Å². The van der Waals surface area contributed by atoms with Crippen LogP contribution >= 0.6 is 11.8 Å². The monoisotopic (exact) mass is 420 g/mol. The van der Waals surface area contributed by atoms with Crippen LogP contribution in [0.5, 0.6) is 0 Å². The van der Waals surface area contributed by atoms with Gasteiger partial charge in [-0.15, -0.1) is 11.8 Å². The Kier molecular flexibility index (Phi) is 7.55. The number of carbonyl (C=O) groups excluding carboxylic acids is 2. The number of ether oxygens (including phenoxy) is 1. The first-order chi connectivity index (χ1) is 14.0. The predicted octanol–water partition coefficient (Wildman–Crippen LogP) is 2.05. The molecular formula is C21H28N2O5S. The number of nitrogens with one attached hydrogen (secondary N) is 1. The minimum Gasteiger partial charge on any atom is -0.480 e. The topological polar surface area (TPSA) is 95.9 Å². The number of fused-ring (bicyclic) bond motifs is 1. The molecule has 158 valence electrons. The van der Waals surface area contributed by atoms with Crippen molar-refractivity contribution in [2.45, 2.75) is 62.5 Å². The highest BCUT2D eigenvalue weighted by Gasteiger charge is 2.45. The highest BCUT2D eigenvalue weighted by Crippen LogP contribution is 2.35. The smallest absolute Gasteiger partial charge is 0.327 e. The molecule has 1 aromatic carbocycles. The molecule has 0 spiro atoms. The summed E-state index contributed by atoms with van der Waals surface area (Å²) < 4.78 is 5.22. The summed E-state index contributed by atoms with van der Waals surface area (Å²) in [7, 11) is 0. The van der Waals surface area contributed by atoms with Gasteiger partial charge < -0.3 is 14.7 Å². The van der Waals surface area contributed by atoms with Crippen molar-refractivity contribution in [2.75, 3.05) is 12.4 Å². The van der Waals surface area contributed by atoms with E-state index in [4.69, 9.17) is 4.74 Å². The number of hydrogen-bond acceptors (Lipinski definition) is 6. The van der Waals surface area contributed by atoms with Gasteiger partial charge in [0.15, 0.2) is 0 Å². The van der Waals surface area contributed by atoms with Crippen LogP contribution in [0.4, 0.5) is 0 Å². The Morgan fingerprint density at radius 1 is 1.31 bits per heavy atom. The second-order valence-corrected chi connectivity index (χ2v) is 8.58. The molecule has 0 saturated carbocycles. The Balaban J connectivity index is 1.72. The largest absolute Gasteiger partial charge is 0.480 e. The minimum absolute atomic E-state index is 0.0965. The SMILES string of the molecule is CCOC(=O)C(CCc1ccccc1)NC1CCCC2SCC(C(=O)O)N2C1=O. The van der Waals surface area contributed by atoms with Gasteiger partial charge in [0, 0.05) is 5.75 Å². The number of amides is 1. The van der Waals surface area contributed by atoms with Gasteiger partial charge in [0.1, 0.15) is 12.1 Å². The molecule has 0 aromatic heterocycles. The zero-order chi connectivity index (χ0) is 20.8. The fourth-order valence-corrected chi connectivity index (χ4v) is 5.39. The van der Waals surface area contributed by atoms with Gasteiger partial charge in [0.25, 0.3) is 0 Å². The average Bonchev–Trinajstić information content (AvgIpc) is 3.08. The van der Waals surface area contributed by atoms with E-state index in [1.165, 1.54) is 16.7 Å². The highest BCUT2D eigenvalue weighted by atomic mass is 32.2. The lowest BCUT2D eigenvalue weighted by Gasteiger charge is -2.30. The van der Waals surface area contributed by atoms with Crippen molar-refractivity contribution in [3.63, 3.8) is 0 Å². The summed E-state index contributed by atoms with van der Waals surface area (Å²) in [6, 6.07) is 7.86. The first kappa shape index (κ1) is 21.6. The van der Waals surface area contributed by atoms with Crippen LogP contribution in [0.25, 0.3) is 0 Å². The van der Waals surface area contributed by atoms with E-state index in [9.17, 15) is 19.5 Å². The number of aliphatic carboxylic acids is 1. The number of esters is 1. The van der Waals surface area contributed by atoms with E-state index in [1.807, 2.05) is 30.3 Å². The zero-order valence-corrected chi connectivity index (χ0v) is 17.4. The van der Waals surface area contributed by atoms with Gasteiger partial charge in [0.2, 0.25) is 5.91 Å². The Morgan fingerprint density at radius 3 is 2.76 bits per heavy atom. The number of thioether (sulfide) groups is 1. The lowest BCUT2D eigenvalue weighted by molar-refractivity contribution is -0.151. The molecular weight excluding hydrogens is 392 g/mol. The molecule has 2 heterocycles. The fraction of sp³-hybridized carbons (Fsp3) is 0.571. The lowest BCUT2D eigenvalue weighted by atomic mass is 10.0. The molecule has 4 unspecified atom stereocenters. The van der Waals surface area contributed by atoms with Gasteiger partial charge in [-0.2, -0.15) is 0 Å². The van der Waals surface area contributed by atoms with E-state index in [0.717, 1.165) is 18.4 Å². The molecule has 1 amide bonds. The Bertz CT molecular complexity index is 729. The summed E-state index contributed by atoms with van der Waals surface area (Å²) in [6.45, 7) is 2.03. The van der Waals surface area contributed by atoms with Crippen LogP contribution in [-0.4, -0.2) is 63.7 Å². The maximum atomic E-state index is 13.2. The van der Waals surface area contributed by atoms with E-state index in [0.29, 0.717) is 25.0 Å². The molecule has 7 nitrogen and oxygen atoms in total. The predicted molar refractivity (Wildman–Crippen MR) is 110 cm³/mol. The third kappa shape index (κ3) is 5.30. The number of nitrogens with zero attached hydrogens (tertiary/aromatic N) is 1. The van der Waals surface area contributed by atoms with Crippen LogP contribution in [-0.2, 0) is 25.5 Å². The first-order valence-electron chi connectivity index (χ1n) is 10.1. The van der Waals surface area contributed by atoms with Crippen molar-refractivity contribution in [1.29, 1.82) is 0 Å². The highest BCUT2D eigenvalue weighted by molar-refractivity contribution is 8.00. The third-order valence-corrected chi connectivity index (χ3v) is 6.77. The Morgan fingerprint density at radius 2 is 2.07 bits per heavy atom. The molecule has 4 atom stereocenters. The molecule has 2 saturated heterocycles. The van der Waals surface area contributed by atoms with E-state index in [1.54, 1.807) is 6.92 Å². The van der Waals surface area contributed by atoms with Crippen LogP contribution in [0.3, 0.4) is 0 Å². The quantitative estimate of drug-likeness (QED) is 0.622. The first-order valence-corrected chi connectivity index (χ1v) is 11.2. The normalized spacial score (nSPS) is 25.2. The van der Waals surface area contributed by atoms with Gasteiger partial charge in [-0.05, 0) is 44.6 Å². The molecule has 0 radical (unpaired) electrons. The molecule has 2 aliphatic heterocycles. The van der Waals surface area contributed by atoms with Crippen molar-refractivity contribution in [3.05, 3.63) is 35.9 Å². The lowest BCUT2D eigenvalue weighted by Crippen LogP contribution is -2.55. The third-order valence-electron chi connectivity index (χ3n) is 5.41. The maximum absolute atomic E-state index is 13.2. The molecule has 2 aliphatic rings. The summed E-state index contributed by atoms with van der Waals surface area (Å²) in [5.41, 5.74) is 1.11. The fourth-order valence-electron chi connectivity index (χ4n) is 3.94. The summed E-state index contributed by atoms with van der Waals surface area (Å²) >= 11 is 1.53. The molecule has 0 aliphatic carbocycles. The summed E-state index contributed by atoms with van der Waals surface area (Å²) in [6.07, 6.45) is 3.34. The molecule has 3 rings (SSSR count). The van der Waals surface area contributed by atoms with Gasteiger partial charge in [-0.25, -0.2) is 4.79 Å². The Hall–Kier alpha value is -2.06. The van der Waals surface area contributed by atoms with Crippen LogP contribution in [0.1, 0.15) is 38.2 Å². The maximum Gasteiger partial charge on any atom is 0.327 e. The minimum atomic E-state index is -0.972. The van der Waals surface area contributed by atoms with Crippen molar-refractivity contribution in [3.8, 4) is 0 Å². The second-order valence-electron chi connectivity index (χ2n) is 7.37. The van der Waals surface area contributed by atoms with Crippen molar-refractivity contribution >= 4 is 29.6 Å². The molecule has 1 aromatic rings. The number of carbonyl (C=O) groups is 3. The summed E-state index contributed by atoms with van der Waals surface area (Å²) in [5.74, 6) is -1.16. The molecule has 2 fully saturated rings. The number of carboxylic acids is 1. The van der Waals surface area contributed by atoms with Gasteiger partial charge in [0.05, 0.1) is 18.0 Å². The number of rotatable bonds is 8. The second kappa shape index (κ2) is 10.1. The van der Waals surface area contributed by atoms with Crippen molar-refractivity contribution < 1.29 is 24.2 Å². The van der Waals surface area contributed by atoms with E-state index < -0.39 is 24.1 Å². The average molecular weight is 421 g/mol. The van der Waals surface area contributed by atoms with Crippen molar-refractivity contribution in [2.24, 2.45) is 0 Å². The number of carboxylic acid groups (broad SMARTS) is 1. The Labute approximate surface area is 175 Å². The van der Waals surface area contributed by atoms with Gasteiger partial charge >= 0.3 is 11.9 Å². The zero-order valence-electron chi connectivity index (χ0n) is 16.6. The van der Waals surface area contributed by atoms with Gasteiger partial charge in [-0.3, -0.25) is 14.9 Å². The molecule has 8 heteroatoms. The summed E-state index contributed by atoms with van der Waals surface area (Å²) in [5, 5.41) is 12.6. The van der Waals surface area contributed by atoms with Crippen LogP contribution in [0.2, 0.25) is 0 Å². The number of aryl methyl sites for hydroxylation is 1. The van der Waals surface area contributed by atoms with Crippen LogP contribution < -0.4 is 5.32 Å². The molecule has 29 heavy (non-hydrogen) atoms. The van der Waals surface area contributed by atoms with E-state index in [-0.39, 0.29) is 23.9 Å². The molecule has 0 bridgehead atoms. The van der Waals surface area contributed by atoms with Gasteiger partial charge in [-0.1, -0.05) is 30.3 Å².